The first-order valence-electron chi connectivity index (χ1n) is 6.42. The summed E-state index contributed by atoms with van der Waals surface area (Å²) >= 11 is 0. The van der Waals surface area contributed by atoms with Crippen molar-refractivity contribution in [1.29, 1.82) is 0 Å². The Morgan fingerprint density at radius 2 is 1.52 bits per heavy atom. The molecular weight excluding hydrogens is 270 g/mol. The van der Waals surface area contributed by atoms with Crippen molar-refractivity contribution in [2.24, 2.45) is 5.84 Å². The lowest BCUT2D eigenvalue weighted by atomic mass is 10.0. The van der Waals surface area contributed by atoms with Crippen LogP contribution in [-0.4, -0.2) is 26.3 Å². The third-order valence-electron chi connectivity index (χ3n) is 3.21. The molecule has 0 aliphatic heterocycles. The Balaban J connectivity index is 2.61. The molecule has 0 saturated carbocycles. The predicted octanol–water partition coefficient (Wildman–Crippen LogP) is 1.66. The Morgan fingerprint density at radius 1 is 0.952 bits per heavy atom. The molecule has 0 spiro atoms. The predicted molar refractivity (Wildman–Crippen MR) is 79.5 cm³/mol. The maximum absolute atomic E-state index is 5.75. The molecule has 6 nitrogen and oxygen atoms in total. The molecule has 112 valence electrons. The fourth-order valence-electron chi connectivity index (χ4n) is 2.26. The summed E-state index contributed by atoms with van der Waals surface area (Å²) in [7, 11) is 4.79. The van der Waals surface area contributed by atoms with Crippen LogP contribution in [0.15, 0.2) is 36.5 Å². The van der Waals surface area contributed by atoms with E-state index >= 15 is 0 Å². The zero-order chi connectivity index (χ0) is 15.2. The number of hydrazine groups is 1. The highest BCUT2D eigenvalue weighted by Crippen LogP contribution is 2.38. The molecule has 3 N–H and O–H groups in total. The van der Waals surface area contributed by atoms with Crippen LogP contribution in [0.4, 0.5) is 0 Å². The molecule has 1 heterocycles. The lowest BCUT2D eigenvalue weighted by molar-refractivity contribution is 0.370. The van der Waals surface area contributed by atoms with Gasteiger partial charge in [0.05, 0.1) is 32.9 Å². The molecule has 6 heteroatoms. The van der Waals surface area contributed by atoms with E-state index in [9.17, 15) is 0 Å². The van der Waals surface area contributed by atoms with Crippen LogP contribution in [0, 0.1) is 0 Å². The number of rotatable bonds is 6. The number of aromatic nitrogens is 1. The van der Waals surface area contributed by atoms with Gasteiger partial charge < -0.3 is 14.2 Å². The molecule has 1 aromatic carbocycles. The lowest BCUT2D eigenvalue weighted by Crippen LogP contribution is -2.30. The Bertz CT molecular complexity index is 582. The molecule has 0 radical (unpaired) electrons. The van der Waals surface area contributed by atoms with Crippen LogP contribution in [0.3, 0.4) is 0 Å². The zero-order valence-electron chi connectivity index (χ0n) is 12.3. The summed E-state index contributed by atoms with van der Waals surface area (Å²) in [6.45, 7) is 0. The Labute approximate surface area is 123 Å². The molecule has 1 unspecified atom stereocenters. The van der Waals surface area contributed by atoms with Crippen LogP contribution in [0.25, 0.3) is 0 Å². The number of methoxy groups -OCH3 is 3. The molecule has 0 aliphatic carbocycles. The highest BCUT2D eigenvalue weighted by Gasteiger charge is 2.25. The Hall–Kier alpha value is -2.31. The fraction of sp³-hybridized carbons (Fsp3) is 0.267. The monoisotopic (exact) mass is 289 g/mol. The molecule has 21 heavy (non-hydrogen) atoms. The summed E-state index contributed by atoms with van der Waals surface area (Å²) in [6.07, 6.45) is 1.68. The van der Waals surface area contributed by atoms with Crippen molar-refractivity contribution in [3.63, 3.8) is 0 Å². The first-order chi connectivity index (χ1) is 10.3. The van der Waals surface area contributed by atoms with E-state index in [0.717, 1.165) is 5.56 Å². The van der Waals surface area contributed by atoms with Gasteiger partial charge in [-0.1, -0.05) is 6.07 Å². The van der Waals surface area contributed by atoms with Crippen LogP contribution in [0.5, 0.6) is 17.2 Å². The molecule has 0 bridgehead atoms. The van der Waals surface area contributed by atoms with Crippen LogP contribution in [-0.2, 0) is 0 Å². The minimum atomic E-state index is -0.424. The van der Waals surface area contributed by atoms with E-state index in [0.29, 0.717) is 22.9 Å². The molecule has 0 aliphatic rings. The second kappa shape index (κ2) is 6.92. The number of ether oxygens (including phenoxy) is 3. The first kappa shape index (κ1) is 15.1. The van der Waals surface area contributed by atoms with Crippen molar-refractivity contribution >= 4 is 0 Å². The van der Waals surface area contributed by atoms with Crippen molar-refractivity contribution in [2.45, 2.75) is 6.04 Å². The van der Waals surface area contributed by atoms with Crippen molar-refractivity contribution in [1.82, 2.24) is 10.4 Å². The third kappa shape index (κ3) is 2.91. The number of nitrogens with one attached hydrogen (secondary N) is 1. The molecular formula is C15H19N3O3. The second-order valence-electron chi connectivity index (χ2n) is 4.27. The molecule has 0 saturated heterocycles. The highest BCUT2D eigenvalue weighted by atomic mass is 16.5. The first-order valence-corrected chi connectivity index (χ1v) is 6.42. The minimum absolute atomic E-state index is 0.424. The maximum atomic E-state index is 5.75. The Morgan fingerprint density at radius 3 is 2.05 bits per heavy atom. The van der Waals surface area contributed by atoms with Gasteiger partial charge in [-0.15, -0.1) is 0 Å². The van der Waals surface area contributed by atoms with Crippen molar-refractivity contribution < 1.29 is 14.2 Å². The van der Waals surface area contributed by atoms with Gasteiger partial charge >= 0.3 is 0 Å². The molecule has 0 amide bonds. The SMILES string of the molecule is COc1cccnc1C(NN)c1c(OC)cccc1OC. The van der Waals surface area contributed by atoms with Gasteiger partial charge in [0, 0.05) is 6.20 Å². The Kier molecular flexibility index (Phi) is 4.97. The minimum Gasteiger partial charge on any atom is -0.496 e. The number of pyridine rings is 1. The standard InChI is InChI=1S/C15H19N3O3/c1-19-10-6-4-7-11(20-2)13(10)15(18-16)14-12(21-3)8-5-9-17-14/h4-9,15,18H,16H2,1-3H3. The van der Waals surface area contributed by atoms with E-state index in [-0.39, 0.29) is 0 Å². The summed E-state index contributed by atoms with van der Waals surface area (Å²) < 4.78 is 16.2. The topological polar surface area (TPSA) is 78.6 Å². The quantitative estimate of drug-likeness (QED) is 0.622. The number of benzene rings is 1. The normalized spacial score (nSPS) is 11.8. The summed E-state index contributed by atoms with van der Waals surface area (Å²) in [5.74, 6) is 7.70. The van der Waals surface area contributed by atoms with Crippen LogP contribution >= 0.6 is 0 Å². The van der Waals surface area contributed by atoms with Gasteiger partial charge in [0.1, 0.15) is 22.9 Å². The van der Waals surface area contributed by atoms with E-state index in [1.165, 1.54) is 0 Å². The third-order valence-corrected chi connectivity index (χ3v) is 3.21. The molecule has 2 rings (SSSR count). The van der Waals surface area contributed by atoms with Gasteiger partial charge in [-0.3, -0.25) is 10.8 Å². The van der Waals surface area contributed by atoms with Gasteiger partial charge in [-0.2, -0.15) is 0 Å². The van der Waals surface area contributed by atoms with E-state index in [1.807, 2.05) is 24.3 Å². The van der Waals surface area contributed by atoms with Crippen molar-refractivity contribution in [3.05, 3.63) is 47.8 Å². The van der Waals surface area contributed by atoms with Crippen LogP contribution < -0.4 is 25.5 Å². The van der Waals surface area contributed by atoms with Gasteiger partial charge in [-0.05, 0) is 24.3 Å². The number of hydrogen-bond donors (Lipinski definition) is 2. The van der Waals surface area contributed by atoms with E-state index in [4.69, 9.17) is 20.1 Å². The molecule has 0 fully saturated rings. The van der Waals surface area contributed by atoms with Gasteiger partial charge in [-0.25, -0.2) is 5.43 Å². The number of nitrogens with two attached hydrogens (primary N) is 1. The molecule has 2 aromatic rings. The summed E-state index contributed by atoms with van der Waals surface area (Å²) in [5, 5.41) is 0. The number of hydrogen-bond acceptors (Lipinski definition) is 6. The molecule has 1 aromatic heterocycles. The van der Waals surface area contributed by atoms with Crippen LogP contribution in [0.2, 0.25) is 0 Å². The van der Waals surface area contributed by atoms with Crippen molar-refractivity contribution in [2.75, 3.05) is 21.3 Å². The summed E-state index contributed by atoms with van der Waals surface area (Å²) in [4.78, 5) is 4.37. The largest absolute Gasteiger partial charge is 0.496 e. The van der Waals surface area contributed by atoms with Gasteiger partial charge in [0.15, 0.2) is 0 Å². The number of nitrogens with zero attached hydrogens (tertiary/aromatic N) is 1. The van der Waals surface area contributed by atoms with Crippen LogP contribution in [0.1, 0.15) is 17.3 Å². The second-order valence-corrected chi connectivity index (χ2v) is 4.27. The van der Waals surface area contributed by atoms with E-state index in [2.05, 4.69) is 10.4 Å². The molecule has 1 atom stereocenters. The maximum Gasteiger partial charge on any atom is 0.142 e. The lowest BCUT2D eigenvalue weighted by Gasteiger charge is -2.22. The fourth-order valence-corrected chi connectivity index (χ4v) is 2.26. The van der Waals surface area contributed by atoms with E-state index in [1.54, 1.807) is 33.6 Å². The van der Waals surface area contributed by atoms with Crippen molar-refractivity contribution in [3.8, 4) is 17.2 Å². The average Bonchev–Trinajstić information content (AvgIpc) is 2.56. The summed E-state index contributed by atoms with van der Waals surface area (Å²) in [5.41, 5.74) is 4.18. The highest BCUT2D eigenvalue weighted by molar-refractivity contribution is 5.51. The zero-order valence-corrected chi connectivity index (χ0v) is 12.3. The van der Waals surface area contributed by atoms with Gasteiger partial charge in [0.25, 0.3) is 0 Å². The van der Waals surface area contributed by atoms with Gasteiger partial charge in [0.2, 0.25) is 0 Å². The average molecular weight is 289 g/mol. The smallest absolute Gasteiger partial charge is 0.142 e. The van der Waals surface area contributed by atoms with E-state index < -0.39 is 6.04 Å². The summed E-state index contributed by atoms with van der Waals surface area (Å²) in [6, 6.07) is 8.75.